The normalized spacial score (nSPS) is 11.1. The van der Waals surface area contributed by atoms with Crippen molar-refractivity contribution >= 4 is 49.2 Å². The largest absolute Gasteiger partial charge is 0.357 e. The van der Waals surface area contributed by atoms with Gasteiger partial charge < -0.3 is 4.29 Å². The molecule has 15 heavy (non-hydrogen) atoms. The molecule has 0 unspecified atom stereocenters. The summed E-state index contributed by atoms with van der Waals surface area (Å²) in [5.74, 6) is -1.04. The zero-order chi connectivity index (χ0) is 11.6. The minimum Gasteiger partial charge on any atom is -0.343 e. The van der Waals surface area contributed by atoms with Gasteiger partial charge in [0.05, 0.1) is 10.6 Å². The van der Waals surface area contributed by atoms with Crippen LogP contribution in [0, 0.1) is 0 Å². The van der Waals surface area contributed by atoms with Gasteiger partial charge in [-0.05, 0) is 12.1 Å². The number of hydrogen-bond donors (Lipinski definition) is 0. The third-order valence-electron chi connectivity index (χ3n) is 1.50. The molecule has 0 saturated heterocycles. The topological polar surface area (TPSA) is 60.4 Å². The molecular weight excluding hydrogens is 286 g/mol. The molecular formula is C7H3Cl3O4S. The lowest BCUT2D eigenvalue weighted by molar-refractivity contribution is 0.0747. The van der Waals surface area contributed by atoms with Crippen LogP contribution in [0.15, 0.2) is 23.1 Å². The van der Waals surface area contributed by atoms with Gasteiger partial charge in [-0.1, -0.05) is 17.7 Å². The molecule has 0 aliphatic carbocycles. The third kappa shape index (κ3) is 2.75. The Labute approximate surface area is 100 Å². The van der Waals surface area contributed by atoms with Crippen molar-refractivity contribution in [2.24, 2.45) is 0 Å². The van der Waals surface area contributed by atoms with E-state index in [0.717, 1.165) is 0 Å². The molecule has 0 aliphatic rings. The Hall–Kier alpha value is -0.490. The minimum absolute atomic E-state index is 0.176. The van der Waals surface area contributed by atoms with Gasteiger partial charge in [-0.2, -0.15) is 0 Å². The van der Waals surface area contributed by atoms with Gasteiger partial charge in [-0.25, -0.2) is 13.2 Å². The Balaban J connectivity index is 3.54. The standard InChI is InChI=1S/C7H3Cl3O4S/c8-5-3-1-2-4(7(11)14-9)6(5)15(10,12)13/h1-3H. The van der Waals surface area contributed by atoms with Crippen LogP contribution in [0.1, 0.15) is 10.4 Å². The molecule has 1 rings (SSSR count). The molecule has 0 N–H and O–H groups in total. The Kier molecular flexibility index (Phi) is 3.83. The van der Waals surface area contributed by atoms with Crippen LogP contribution in [-0.4, -0.2) is 14.4 Å². The summed E-state index contributed by atoms with van der Waals surface area (Å²) in [6.07, 6.45) is 0. The van der Waals surface area contributed by atoms with Crippen LogP contribution in [0.2, 0.25) is 5.02 Å². The molecule has 8 heteroatoms. The lowest BCUT2D eigenvalue weighted by Gasteiger charge is -2.04. The highest BCUT2D eigenvalue weighted by Gasteiger charge is 2.24. The van der Waals surface area contributed by atoms with Gasteiger partial charge in [-0.15, -0.1) is 0 Å². The van der Waals surface area contributed by atoms with E-state index < -0.39 is 19.9 Å². The monoisotopic (exact) mass is 288 g/mol. The van der Waals surface area contributed by atoms with Crippen molar-refractivity contribution in [1.29, 1.82) is 0 Å². The van der Waals surface area contributed by atoms with Crippen molar-refractivity contribution in [3.8, 4) is 0 Å². The number of rotatable bonds is 2. The molecule has 0 spiro atoms. The Bertz CT molecular complexity index is 497. The van der Waals surface area contributed by atoms with Crippen LogP contribution in [0.4, 0.5) is 0 Å². The maximum atomic E-state index is 11.1. The van der Waals surface area contributed by atoms with Crippen molar-refractivity contribution in [1.82, 2.24) is 0 Å². The van der Waals surface area contributed by atoms with Crippen molar-refractivity contribution in [3.63, 3.8) is 0 Å². The number of benzene rings is 1. The molecule has 0 heterocycles. The quantitative estimate of drug-likeness (QED) is 0.785. The first-order chi connectivity index (χ1) is 6.88. The van der Waals surface area contributed by atoms with E-state index >= 15 is 0 Å². The second-order valence-corrected chi connectivity index (χ2v) is 5.48. The average molecular weight is 290 g/mol. The van der Waals surface area contributed by atoms with E-state index in [2.05, 4.69) is 4.29 Å². The fraction of sp³-hybridized carbons (Fsp3) is 0. The predicted octanol–water partition coefficient (Wildman–Crippen LogP) is 2.58. The SMILES string of the molecule is O=C(OCl)c1cccc(Cl)c1S(=O)(=O)Cl. The molecule has 0 atom stereocenters. The summed E-state index contributed by atoms with van der Waals surface area (Å²) in [6.45, 7) is 0. The average Bonchev–Trinajstić information content (AvgIpc) is 2.14. The van der Waals surface area contributed by atoms with Crippen LogP contribution in [0.25, 0.3) is 0 Å². The van der Waals surface area contributed by atoms with Crippen LogP contribution >= 0.6 is 34.1 Å². The predicted molar refractivity (Wildman–Crippen MR) is 55.8 cm³/mol. The minimum atomic E-state index is -4.14. The van der Waals surface area contributed by atoms with Crippen molar-refractivity contribution < 1.29 is 17.5 Å². The molecule has 0 fully saturated rings. The number of halogens is 3. The summed E-state index contributed by atoms with van der Waals surface area (Å²) in [7, 11) is 0.968. The maximum absolute atomic E-state index is 11.1. The highest BCUT2D eigenvalue weighted by atomic mass is 35.7. The molecule has 0 saturated carbocycles. The molecule has 82 valence electrons. The second-order valence-electron chi connectivity index (χ2n) is 2.42. The van der Waals surface area contributed by atoms with Crippen LogP contribution in [0.3, 0.4) is 0 Å². The van der Waals surface area contributed by atoms with Crippen molar-refractivity contribution in [2.45, 2.75) is 4.90 Å². The number of hydrogen-bond acceptors (Lipinski definition) is 4. The lowest BCUT2D eigenvalue weighted by Crippen LogP contribution is -2.06. The molecule has 0 aliphatic heterocycles. The first-order valence-corrected chi connectivity index (χ1v) is 6.43. The van der Waals surface area contributed by atoms with Crippen LogP contribution in [0.5, 0.6) is 0 Å². The van der Waals surface area contributed by atoms with Crippen molar-refractivity contribution in [2.75, 3.05) is 0 Å². The van der Waals surface area contributed by atoms with Gasteiger partial charge in [0.1, 0.15) is 16.8 Å². The van der Waals surface area contributed by atoms with Gasteiger partial charge in [-0.3, -0.25) is 0 Å². The highest BCUT2D eigenvalue weighted by molar-refractivity contribution is 8.13. The first-order valence-electron chi connectivity index (χ1n) is 3.44. The van der Waals surface area contributed by atoms with Crippen LogP contribution < -0.4 is 0 Å². The van der Waals surface area contributed by atoms with E-state index in [1.165, 1.54) is 18.2 Å². The Morgan fingerprint density at radius 3 is 2.40 bits per heavy atom. The summed E-state index contributed by atoms with van der Waals surface area (Å²) in [5, 5.41) is -0.176. The Morgan fingerprint density at radius 2 is 1.93 bits per heavy atom. The fourth-order valence-electron chi connectivity index (χ4n) is 0.959. The maximum Gasteiger partial charge on any atom is 0.357 e. The zero-order valence-corrected chi connectivity index (χ0v) is 9.99. The smallest absolute Gasteiger partial charge is 0.343 e. The molecule has 1 aromatic carbocycles. The Morgan fingerprint density at radius 1 is 1.33 bits per heavy atom. The second kappa shape index (κ2) is 4.57. The third-order valence-corrected chi connectivity index (χ3v) is 3.46. The molecule has 4 nitrogen and oxygen atoms in total. The van der Waals surface area contributed by atoms with E-state index in [0.29, 0.717) is 0 Å². The van der Waals surface area contributed by atoms with Gasteiger partial charge in [0.25, 0.3) is 9.05 Å². The number of carbonyl (C=O) groups is 1. The van der Waals surface area contributed by atoms with Gasteiger partial charge in [0, 0.05) is 10.7 Å². The van der Waals surface area contributed by atoms with Crippen LogP contribution in [-0.2, 0) is 13.3 Å². The summed E-state index contributed by atoms with van der Waals surface area (Å²) in [6, 6.07) is 3.84. The van der Waals surface area contributed by atoms with E-state index in [-0.39, 0.29) is 10.6 Å². The summed E-state index contributed by atoms with van der Waals surface area (Å²) < 4.78 is 26.1. The first kappa shape index (κ1) is 12.6. The summed E-state index contributed by atoms with van der Waals surface area (Å²) >= 11 is 10.4. The van der Waals surface area contributed by atoms with Gasteiger partial charge in [0.15, 0.2) is 0 Å². The molecule has 0 amide bonds. The molecule has 0 bridgehead atoms. The molecule has 1 aromatic rings. The number of carbonyl (C=O) groups excluding carboxylic acids is 1. The van der Waals surface area contributed by atoms with E-state index in [1.54, 1.807) is 0 Å². The van der Waals surface area contributed by atoms with E-state index in [9.17, 15) is 13.2 Å². The van der Waals surface area contributed by atoms with Crippen molar-refractivity contribution in [3.05, 3.63) is 28.8 Å². The van der Waals surface area contributed by atoms with Gasteiger partial charge >= 0.3 is 5.97 Å². The molecule has 0 aromatic heterocycles. The fourth-order valence-corrected chi connectivity index (χ4v) is 2.85. The highest BCUT2D eigenvalue weighted by Crippen LogP contribution is 2.28. The van der Waals surface area contributed by atoms with Gasteiger partial charge in [0.2, 0.25) is 0 Å². The zero-order valence-electron chi connectivity index (χ0n) is 6.91. The van der Waals surface area contributed by atoms with E-state index in [1.807, 2.05) is 0 Å². The lowest BCUT2D eigenvalue weighted by atomic mass is 10.2. The van der Waals surface area contributed by atoms with E-state index in [4.69, 9.17) is 34.1 Å². The summed E-state index contributed by atoms with van der Waals surface area (Å²) in [4.78, 5) is 10.6. The summed E-state index contributed by atoms with van der Waals surface area (Å²) in [5.41, 5.74) is -0.312. The molecule has 0 radical (unpaired) electrons.